The number of nitrogens with zero attached hydrogens (tertiary/aromatic N) is 2. The monoisotopic (exact) mass is 358 g/mol. The van der Waals surface area contributed by atoms with E-state index in [0.717, 1.165) is 30.0 Å². The van der Waals surface area contributed by atoms with Gasteiger partial charge in [0.2, 0.25) is 0 Å². The maximum Gasteiger partial charge on any atom is 0.256 e. The fraction of sp³-hybridized carbons (Fsp3) is 0.474. The summed E-state index contributed by atoms with van der Waals surface area (Å²) in [5.41, 5.74) is -0.354. The Bertz CT molecular complexity index is 719. The number of hydrogen-bond acceptors (Lipinski definition) is 5. The molecule has 0 spiro atoms. The highest BCUT2D eigenvalue weighted by molar-refractivity contribution is 5.86. The number of piperidine rings is 1. The largest absolute Gasteiger partial charge is 0.497 e. The van der Waals surface area contributed by atoms with Crippen LogP contribution in [-0.2, 0) is 17.8 Å². The second kappa shape index (κ2) is 8.33. The summed E-state index contributed by atoms with van der Waals surface area (Å²) in [6, 6.07) is 7.67. The molecule has 0 radical (unpaired) electrons. The number of aromatic amines is 1. The number of aliphatic hydroxyl groups is 1. The lowest BCUT2D eigenvalue weighted by Crippen LogP contribution is -2.57. The third kappa shape index (κ3) is 4.42. The van der Waals surface area contributed by atoms with Gasteiger partial charge >= 0.3 is 0 Å². The Morgan fingerprint density at radius 3 is 3.12 bits per heavy atom. The molecule has 0 aliphatic carbocycles. The van der Waals surface area contributed by atoms with E-state index in [9.17, 15) is 9.90 Å². The number of aromatic nitrogens is 2. The normalized spacial score (nSPS) is 20.4. The van der Waals surface area contributed by atoms with E-state index in [1.54, 1.807) is 24.4 Å². The minimum Gasteiger partial charge on any atom is -0.497 e. The average molecular weight is 358 g/mol. The van der Waals surface area contributed by atoms with Crippen LogP contribution in [0.15, 0.2) is 36.7 Å². The average Bonchev–Trinajstić information content (AvgIpc) is 3.17. The number of carbonyl (C=O) groups is 1. The summed E-state index contributed by atoms with van der Waals surface area (Å²) in [7, 11) is 1.62. The lowest BCUT2D eigenvalue weighted by Gasteiger charge is -2.38. The number of ether oxygens (including phenoxy) is 1. The molecule has 1 aromatic heterocycles. The number of imidazole rings is 1. The number of rotatable bonds is 8. The summed E-state index contributed by atoms with van der Waals surface area (Å²) in [6.45, 7) is 2.04. The van der Waals surface area contributed by atoms with Gasteiger partial charge in [-0.25, -0.2) is 4.98 Å². The van der Waals surface area contributed by atoms with Gasteiger partial charge in [-0.2, -0.15) is 0 Å². The third-order valence-electron chi connectivity index (χ3n) is 4.72. The van der Waals surface area contributed by atoms with Crippen molar-refractivity contribution in [1.29, 1.82) is 0 Å². The van der Waals surface area contributed by atoms with E-state index < -0.39 is 5.60 Å². The van der Waals surface area contributed by atoms with E-state index in [-0.39, 0.29) is 12.5 Å². The van der Waals surface area contributed by atoms with E-state index in [4.69, 9.17) is 4.74 Å². The zero-order valence-corrected chi connectivity index (χ0v) is 15.1. The fourth-order valence-corrected chi connectivity index (χ4v) is 3.31. The standard InChI is InChI=1S/C19H26N4O3/c1-26-16-5-2-4-15(12-16)13-23-11-3-7-19(25,18(23)24)14-20-8-6-17-21-9-10-22-17/h2,4-5,9-10,12,20,25H,3,6-8,11,13-14H2,1H3,(H,21,22). The van der Waals surface area contributed by atoms with Crippen LogP contribution in [0.1, 0.15) is 24.2 Å². The molecule has 140 valence electrons. The van der Waals surface area contributed by atoms with Gasteiger partial charge in [-0.15, -0.1) is 0 Å². The van der Waals surface area contributed by atoms with Crippen LogP contribution in [0.4, 0.5) is 0 Å². The lowest BCUT2D eigenvalue weighted by atomic mass is 9.91. The van der Waals surface area contributed by atoms with Crippen molar-refractivity contribution >= 4 is 5.91 Å². The van der Waals surface area contributed by atoms with E-state index >= 15 is 0 Å². The van der Waals surface area contributed by atoms with Crippen LogP contribution < -0.4 is 10.1 Å². The van der Waals surface area contributed by atoms with Gasteiger partial charge in [0.05, 0.1) is 7.11 Å². The Balaban J connectivity index is 1.55. The van der Waals surface area contributed by atoms with Crippen LogP contribution >= 0.6 is 0 Å². The number of likely N-dealkylation sites (tertiary alicyclic amines) is 1. The smallest absolute Gasteiger partial charge is 0.256 e. The van der Waals surface area contributed by atoms with Gasteiger partial charge in [0.15, 0.2) is 5.60 Å². The van der Waals surface area contributed by atoms with Gasteiger partial charge in [-0.3, -0.25) is 4.79 Å². The molecule has 1 aliphatic rings. The first-order chi connectivity index (χ1) is 12.6. The number of nitrogens with one attached hydrogen (secondary N) is 2. The number of amides is 1. The number of hydrogen-bond donors (Lipinski definition) is 3. The maximum atomic E-state index is 12.8. The molecule has 1 aliphatic heterocycles. The predicted molar refractivity (Wildman–Crippen MR) is 97.8 cm³/mol. The molecule has 0 saturated carbocycles. The second-order valence-electron chi connectivity index (χ2n) is 6.68. The first kappa shape index (κ1) is 18.4. The first-order valence-corrected chi connectivity index (χ1v) is 8.94. The van der Waals surface area contributed by atoms with Crippen molar-refractivity contribution in [2.75, 3.05) is 26.7 Å². The van der Waals surface area contributed by atoms with Crippen LogP contribution in [0.5, 0.6) is 5.75 Å². The molecule has 0 bridgehead atoms. The van der Waals surface area contributed by atoms with Crippen molar-refractivity contribution in [3.05, 3.63) is 48.0 Å². The third-order valence-corrected chi connectivity index (χ3v) is 4.72. The molecule has 7 heteroatoms. The summed E-state index contributed by atoms with van der Waals surface area (Å²) in [6.07, 6.45) is 5.49. The lowest BCUT2D eigenvalue weighted by molar-refractivity contribution is -0.157. The van der Waals surface area contributed by atoms with Crippen molar-refractivity contribution < 1.29 is 14.6 Å². The number of benzene rings is 1. The van der Waals surface area contributed by atoms with Crippen molar-refractivity contribution in [3.8, 4) is 5.75 Å². The van der Waals surface area contributed by atoms with Crippen LogP contribution in [0.25, 0.3) is 0 Å². The Hall–Kier alpha value is -2.38. The zero-order chi connectivity index (χ0) is 18.4. The van der Waals surface area contributed by atoms with E-state index in [2.05, 4.69) is 15.3 Å². The topological polar surface area (TPSA) is 90.5 Å². The summed E-state index contributed by atoms with van der Waals surface area (Å²) >= 11 is 0. The quantitative estimate of drug-likeness (QED) is 0.615. The summed E-state index contributed by atoms with van der Waals surface area (Å²) in [5, 5.41) is 14.0. The highest BCUT2D eigenvalue weighted by Crippen LogP contribution is 2.24. The minimum absolute atomic E-state index is 0.211. The summed E-state index contributed by atoms with van der Waals surface area (Å²) < 4.78 is 5.24. The van der Waals surface area contributed by atoms with Gasteiger partial charge < -0.3 is 25.0 Å². The van der Waals surface area contributed by atoms with Crippen molar-refractivity contribution in [2.45, 2.75) is 31.4 Å². The molecule has 2 aromatic rings. The number of H-pyrrole nitrogens is 1. The maximum absolute atomic E-state index is 12.8. The molecular weight excluding hydrogens is 332 g/mol. The van der Waals surface area contributed by atoms with E-state index in [0.29, 0.717) is 26.1 Å². The van der Waals surface area contributed by atoms with Crippen molar-refractivity contribution in [2.24, 2.45) is 0 Å². The van der Waals surface area contributed by atoms with Gasteiger partial charge in [0.25, 0.3) is 5.91 Å². The predicted octanol–water partition coefficient (Wildman–Crippen LogP) is 1.10. The van der Waals surface area contributed by atoms with Gasteiger partial charge in [-0.1, -0.05) is 12.1 Å². The summed E-state index contributed by atoms with van der Waals surface area (Å²) in [5.74, 6) is 1.44. The van der Waals surface area contributed by atoms with Gasteiger partial charge in [-0.05, 0) is 30.5 Å². The highest BCUT2D eigenvalue weighted by Gasteiger charge is 2.41. The number of methoxy groups -OCH3 is 1. The van der Waals surface area contributed by atoms with Crippen LogP contribution in [0.3, 0.4) is 0 Å². The van der Waals surface area contributed by atoms with Crippen LogP contribution in [0.2, 0.25) is 0 Å². The molecule has 1 amide bonds. The first-order valence-electron chi connectivity index (χ1n) is 8.94. The molecule has 3 rings (SSSR count). The van der Waals surface area contributed by atoms with E-state index in [1.807, 2.05) is 24.3 Å². The second-order valence-corrected chi connectivity index (χ2v) is 6.68. The van der Waals surface area contributed by atoms with Crippen LogP contribution in [0, 0.1) is 0 Å². The molecule has 1 aromatic carbocycles. The fourth-order valence-electron chi connectivity index (χ4n) is 3.31. The molecule has 1 fully saturated rings. The van der Waals surface area contributed by atoms with Crippen molar-refractivity contribution in [3.63, 3.8) is 0 Å². The Morgan fingerprint density at radius 1 is 1.46 bits per heavy atom. The molecule has 1 saturated heterocycles. The van der Waals surface area contributed by atoms with Gasteiger partial charge in [0, 0.05) is 45.0 Å². The zero-order valence-electron chi connectivity index (χ0n) is 15.1. The van der Waals surface area contributed by atoms with Gasteiger partial charge in [0.1, 0.15) is 11.6 Å². The van der Waals surface area contributed by atoms with E-state index in [1.165, 1.54) is 0 Å². The Labute approximate surface area is 153 Å². The SMILES string of the molecule is COc1cccc(CN2CCCC(O)(CNCCc3ncc[nH]3)C2=O)c1. The minimum atomic E-state index is -1.35. The summed E-state index contributed by atoms with van der Waals surface area (Å²) in [4.78, 5) is 21.7. The van der Waals surface area contributed by atoms with Crippen LogP contribution in [-0.4, -0.2) is 58.2 Å². The molecule has 3 N–H and O–H groups in total. The number of carbonyl (C=O) groups excluding carboxylic acids is 1. The molecular formula is C19H26N4O3. The molecule has 26 heavy (non-hydrogen) atoms. The van der Waals surface area contributed by atoms with Crippen molar-refractivity contribution in [1.82, 2.24) is 20.2 Å². The Morgan fingerprint density at radius 2 is 2.35 bits per heavy atom. The molecule has 1 unspecified atom stereocenters. The highest BCUT2D eigenvalue weighted by atomic mass is 16.5. The molecule has 1 atom stereocenters. The molecule has 7 nitrogen and oxygen atoms in total. The molecule has 2 heterocycles. The Kier molecular flexibility index (Phi) is 5.90.